The molecule has 1 saturated heterocycles. The second-order valence-corrected chi connectivity index (χ2v) is 13.2. The minimum Gasteiger partial charge on any atom is -0.490 e. The number of benzene rings is 2. The molecule has 1 saturated carbocycles. The third kappa shape index (κ3) is 6.16. The van der Waals surface area contributed by atoms with Gasteiger partial charge in [-0.25, -0.2) is 14.8 Å². The maximum Gasteiger partial charge on any atom is 0.420 e. The number of alkyl halides is 3. The van der Waals surface area contributed by atoms with Crippen molar-refractivity contribution in [1.29, 1.82) is 0 Å². The van der Waals surface area contributed by atoms with Crippen molar-refractivity contribution in [3.05, 3.63) is 54.0 Å². The Labute approximate surface area is 270 Å². The van der Waals surface area contributed by atoms with Gasteiger partial charge in [0.2, 0.25) is 0 Å². The van der Waals surface area contributed by atoms with E-state index in [0.717, 1.165) is 66.3 Å². The lowest BCUT2D eigenvalue weighted by Gasteiger charge is -2.31. The van der Waals surface area contributed by atoms with Crippen LogP contribution in [0, 0.1) is 0 Å². The molecule has 0 atom stereocenters. The molecule has 0 radical (unpaired) electrons. The van der Waals surface area contributed by atoms with Crippen LogP contribution in [0.3, 0.4) is 0 Å². The van der Waals surface area contributed by atoms with E-state index >= 15 is 0 Å². The maximum atomic E-state index is 14.1. The van der Waals surface area contributed by atoms with Gasteiger partial charge in [0.15, 0.2) is 0 Å². The molecule has 2 aromatic carbocycles. The number of rotatable bonds is 7. The molecule has 0 unspecified atom stereocenters. The van der Waals surface area contributed by atoms with Crippen molar-refractivity contribution < 1.29 is 27.4 Å². The molecule has 13 heteroatoms. The lowest BCUT2D eigenvalue weighted by molar-refractivity contribution is -0.139. The molecule has 2 amide bonds. The van der Waals surface area contributed by atoms with Crippen molar-refractivity contribution in [3.8, 4) is 22.6 Å². The summed E-state index contributed by atoms with van der Waals surface area (Å²) in [7, 11) is 0. The second-order valence-electron chi connectivity index (χ2n) is 13.2. The molecule has 2 aromatic heterocycles. The van der Waals surface area contributed by atoms with Gasteiger partial charge in [0.1, 0.15) is 41.0 Å². The first-order valence-corrected chi connectivity index (χ1v) is 16.0. The van der Waals surface area contributed by atoms with E-state index in [2.05, 4.69) is 43.2 Å². The van der Waals surface area contributed by atoms with Gasteiger partial charge in [-0.2, -0.15) is 13.2 Å². The Kier molecular flexibility index (Phi) is 7.69. The number of anilines is 3. The van der Waals surface area contributed by atoms with E-state index in [0.29, 0.717) is 42.6 Å². The third-order valence-corrected chi connectivity index (χ3v) is 9.18. The average molecular weight is 650 g/mol. The number of piperidine rings is 1. The summed E-state index contributed by atoms with van der Waals surface area (Å²) < 4.78 is 56.6. The van der Waals surface area contributed by atoms with Crippen molar-refractivity contribution in [2.45, 2.75) is 76.8 Å². The van der Waals surface area contributed by atoms with E-state index in [4.69, 9.17) is 15.2 Å². The van der Waals surface area contributed by atoms with Gasteiger partial charge in [-0.15, -0.1) is 0 Å². The van der Waals surface area contributed by atoms with E-state index in [9.17, 15) is 18.0 Å². The minimum absolute atomic E-state index is 0.0131. The Morgan fingerprint density at radius 3 is 2.55 bits per heavy atom. The fraction of sp³-hybridized carbons (Fsp3) is 0.441. The molecule has 10 nitrogen and oxygen atoms in total. The number of hydrogen-bond donors (Lipinski definition) is 3. The van der Waals surface area contributed by atoms with Gasteiger partial charge in [0.25, 0.3) is 0 Å². The predicted molar refractivity (Wildman–Crippen MR) is 174 cm³/mol. The largest absolute Gasteiger partial charge is 0.490 e. The summed E-state index contributed by atoms with van der Waals surface area (Å²) in [5.74, 6) is 0.644. The van der Waals surface area contributed by atoms with Crippen LogP contribution in [0.1, 0.15) is 63.6 Å². The van der Waals surface area contributed by atoms with E-state index in [1.165, 1.54) is 18.5 Å². The second kappa shape index (κ2) is 11.6. The third-order valence-electron chi connectivity index (χ3n) is 9.18. The number of amides is 2. The molecular weight excluding hydrogens is 611 g/mol. The Balaban J connectivity index is 1.14. The molecule has 1 aliphatic carbocycles. The van der Waals surface area contributed by atoms with Crippen LogP contribution in [0.5, 0.6) is 11.5 Å². The standard InChI is InChI=1S/C34H38F3N7O3/c1-4-43-13-11-21(12-14-43)46-27-10-5-19(15-25(27)34(35,36)37)41-32(45)42-26-9-8-22(23-16-33(2,3)47-29(23)26)24-17-44(20-6-7-20)31-28(24)30(38)39-18-40-31/h5,8-10,15,17-18,20-21H,4,6-7,11-14,16H2,1-3H3,(H2,38,39,40)(H2,41,42,45). The molecule has 3 aliphatic rings. The van der Waals surface area contributed by atoms with Gasteiger partial charge in [-0.3, -0.25) is 0 Å². The van der Waals surface area contributed by atoms with Crippen molar-refractivity contribution in [3.63, 3.8) is 0 Å². The van der Waals surface area contributed by atoms with Gasteiger partial charge < -0.3 is 35.3 Å². The fourth-order valence-electron chi connectivity index (χ4n) is 6.69. The molecule has 4 N–H and O–H groups in total. The van der Waals surface area contributed by atoms with Gasteiger partial charge >= 0.3 is 12.2 Å². The summed E-state index contributed by atoms with van der Waals surface area (Å²) in [6, 6.07) is 6.89. The van der Waals surface area contributed by atoms with Crippen LogP contribution in [0.4, 0.5) is 35.2 Å². The number of ether oxygens (including phenoxy) is 2. The van der Waals surface area contributed by atoms with Crippen molar-refractivity contribution in [2.24, 2.45) is 0 Å². The number of nitrogens with two attached hydrogens (primary N) is 1. The number of nitrogens with zero attached hydrogens (tertiary/aromatic N) is 4. The quantitative estimate of drug-likeness (QED) is 0.193. The van der Waals surface area contributed by atoms with Gasteiger partial charge in [0, 0.05) is 48.6 Å². The summed E-state index contributed by atoms with van der Waals surface area (Å²) in [4.78, 5) is 24.2. The number of nitrogen functional groups attached to an aromatic ring is 1. The molecule has 4 heterocycles. The van der Waals surface area contributed by atoms with Crippen LogP contribution in [0.2, 0.25) is 0 Å². The normalized spacial score (nSPS) is 18.2. The number of likely N-dealkylation sites (tertiary alicyclic amines) is 1. The summed E-state index contributed by atoms with van der Waals surface area (Å²) in [6.45, 7) is 8.43. The Bertz CT molecular complexity index is 1840. The van der Waals surface area contributed by atoms with Crippen molar-refractivity contribution in [2.75, 3.05) is 36.0 Å². The molecule has 0 spiro atoms. The number of nitrogens with one attached hydrogen (secondary N) is 2. The smallest absolute Gasteiger partial charge is 0.420 e. The summed E-state index contributed by atoms with van der Waals surface area (Å²) in [5.41, 5.74) is 8.69. The van der Waals surface area contributed by atoms with Gasteiger partial charge in [-0.1, -0.05) is 13.0 Å². The molecule has 4 aromatic rings. The van der Waals surface area contributed by atoms with Gasteiger partial charge in [0.05, 0.1) is 16.6 Å². The van der Waals surface area contributed by atoms with Crippen LogP contribution < -0.4 is 25.8 Å². The average Bonchev–Trinajstić information content (AvgIpc) is 3.70. The number of carbonyl (C=O) groups is 1. The number of hydrogen-bond acceptors (Lipinski definition) is 7. The van der Waals surface area contributed by atoms with Gasteiger partial charge in [-0.05, 0) is 75.9 Å². The van der Waals surface area contributed by atoms with Crippen LogP contribution >= 0.6 is 0 Å². The Hall–Kier alpha value is -4.52. The minimum atomic E-state index is -4.67. The predicted octanol–water partition coefficient (Wildman–Crippen LogP) is 7.25. The molecule has 47 heavy (non-hydrogen) atoms. The summed E-state index contributed by atoms with van der Waals surface area (Å²) >= 11 is 0. The lowest BCUT2D eigenvalue weighted by atomic mass is 9.93. The summed E-state index contributed by atoms with van der Waals surface area (Å²) in [5, 5.41) is 6.11. The first-order valence-electron chi connectivity index (χ1n) is 16.0. The molecule has 7 rings (SSSR count). The number of aromatic nitrogens is 3. The van der Waals surface area contributed by atoms with Crippen molar-refractivity contribution in [1.82, 2.24) is 19.4 Å². The van der Waals surface area contributed by atoms with E-state index in [1.54, 1.807) is 6.07 Å². The lowest BCUT2D eigenvalue weighted by Crippen LogP contribution is -2.38. The zero-order valence-corrected chi connectivity index (χ0v) is 26.6. The Morgan fingerprint density at radius 1 is 1.09 bits per heavy atom. The highest BCUT2D eigenvalue weighted by molar-refractivity contribution is 6.04. The topological polar surface area (TPSA) is 120 Å². The first kappa shape index (κ1) is 31.1. The molecule has 2 fully saturated rings. The van der Waals surface area contributed by atoms with E-state index in [1.807, 2.05) is 19.9 Å². The zero-order valence-electron chi connectivity index (χ0n) is 26.6. The molecule has 248 valence electrons. The molecular formula is C34H38F3N7O3. The Morgan fingerprint density at radius 2 is 1.85 bits per heavy atom. The number of fused-ring (bicyclic) bond motifs is 2. The number of urea groups is 1. The number of carbonyl (C=O) groups excluding carboxylic acids is 1. The highest BCUT2D eigenvalue weighted by Crippen LogP contribution is 2.49. The SMILES string of the molecule is CCN1CCC(Oc2ccc(NC(=O)Nc3ccc(-c4cn(C5CC5)c5ncnc(N)c45)c4c3OC(C)(C)C4)cc2C(F)(F)F)CC1. The highest BCUT2D eigenvalue weighted by Gasteiger charge is 2.38. The number of halogens is 3. The highest BCUT2D eigenvalue weighted by atomic mass is 19.4. The van der Waals surface area contributed by atoms with Crippen molar-refractivity contribution >= 4 is 34.3 Å². The maximum absolute atomic E-state index is 14.1. The molecule has 2 aliphatic heterocycles. The van der Waals surface area contributed by atoms with Crippen LogP contribution in [0.15, 0.2) is 42.9 Å². The van der Waals surface area contributed by atoms with Crippen LogP contribution in [0.25, 0.3) is 22.2 Å². The monoisotopic (exact) mass is 649 g/mol. The zero-order chi connectivity index (χ0) is 33.1. The fourth-order valence-corrected chi connectivity index (χ4v) is 6.69. The molecule has 0 bridgehead atoms. The first-order chi connectivity index (χ1) is 22.4. The van der Waals surface area contributed by atoms with Crippen LogP contribution in [-0.4, -0.2) is 56.8 Å². The summed E-state index contributed by atoms with van der Waals surface area (Å²) in [6.07, 6.45) is 2.57. The van der Waals surface area contributed by atoms with E-state index in [-0.39, 0.29) is 17.5 Å². The van der Waals surface area contributed by atoms with E-state index < -0.39 is 23.4 Å². The van der Waals surface area contributed by atoms with Crippen LogP contribution in [-0.2, 0) is 12.6 Å².